The second-order valence-electron chi connectivity index (χ2n) is 9.98. The lowest BCUT2D eigenvalue weighted by molar-refractivity contribution is -0.146. The average Bonchev–Trinajstić information content (AvgIpc) is 2.94. The van der Waals surface area contributed by atoms with Crippen LogP contribution < -0.4 is 4.90 Å². The van der Waals surface area contributed by atoms with Crippen LogP contribution in [0, 0.1) is 0 Å². The molecule has 2 heterocycles. The molecule has 220 valence electrons. The van der Waals surface area contributed by atoms with E-state index in [4.69, 9.17) is 21.1 Å². The largest absolute Gasteiger partial charge is 0.379 e. The van der Waals surface area contributed by atoms with Crippen molar-refractivity contribution in [1.82, 2.24) is 9.80 Å². The molecule has 2 aliphatic rings. The van der Waals surface area contributed by atoms with Gasteiger partial charge < -0.3 is 24.2 Å². The molecule has 4 rings (SSSR count). The molecule has 0 radical (unpaired) electrons. The van der Waals surface area contributed by atoms with E-state index in [9.17, 15) is 22.8 Å². The molecule has 2 amide bonds. The van der Waals surface area contributed by atoms with Crippen LogP contribution in [-0.4, -0.2) is 87.9 Å². The summed E-state index contributed by atoms with van der Waals surface area (Å²) in [5.41, 5.74) is 2.44. The maximum absolute atomic E-state index is 13.0. The van der Waals surface area contributed by atoms with E-state index in [1.165, 1.54) is 4.90 Å². The van der Waals surface area contributed by atoms with Gasteiger partial charge in [-0.25, -0.2) is 0 Å². The van der Waals surface area contributed by atoms with Crippen LogP contribution in [-0.2, 0) is 14.3 Å². The van der Waals surface area contributed by atoms with Gasteiger partial charge in [0.15, 0.2) is 6.10 Å². The predicted molar refractivity (Wildman–Crippen MR) is 149 cm³/mol. The minimum Gasteiger partial charge on any atom is -0.375 e. The Bertz CT molecular complexity index is 1090. The van der Waals surface area contributed by atoms with Gasteiger partial charge in [-0.15, -0.1) is 0 Å². The smallest absolute Gasteiger partial charge is 0.375 e. The van der Waals surface area contributed by atoms with E-state index >= 15 is 0 Å². The number of methoxy groups -OCH3 is 1. The summed E-state index contributed by atoms with van der Waals surface area (Å²) in [6.07, 6.45) is 3.40. The summed E-state index contributed by atoms with van der Waals surface area (Å²) in [5, 5.41) is 0.480. The van der Waals surface area contributed by atoms with E-state index in [-0.39, 0.29) is 24.0 Å². The molecule has 1 unspecified atom stereocenters. The number of hydrogen-bond acceptors (Lipinski definition) is 5. The number of hydrogen-bond donors (Lipinski definition) is 0. The minimum absolute atomic E-state index is 0.0208. The van der Waals surface area contributed by atoms with Gasteiger partial charge in [-0.05, 0) is 49.4 Å². The summed E-state index contributed by atoms with van der Waals surface area (Å²) in [5.74, 6) is -0.0726. The second-order valence-corrected chi connectivity index (χ2v) is 10.4. The van der Waals surface area contributed by atoms with Gasteiger partial charge in [0.2, 0.25) is 0 Å². The van der Waals surface area contributed by atoms with E-state index in [0.717, 1.165) is 50.0 Å². The highest BCUT2D eigenvalue weighted by Gasteiger charge is 2.31. The van der Waals surface area contributed by atoms with Crippen molar-refractivity contribution in [2.45, 2.75) is 50.7 Å². The molecule has 0 spiro atoms. The van der Waals surface area contributed by atoms with Gasteiger partial charge in [-0.1, -0.05) is 41.9 Å². The van der Waals surface area contributed by atoms with Crippen LogP contribution >= 0.6 is 11.6 Å². The Kier molecular flexibility index (Phi) is 12.1. The van der Waals surface area contributed by atoms with Crippen LogP contribution in [0.5, 0.6) is 0 Å². The van der Waals surface area contributed by atoms with Crippen LogP contribution in [0.3, 0.4) is 0 Å². The molecule has 2 aromatic rings. The zero-order chi connectivity index (χ0) is 29.2. The Morgan fingerprint density at radius 1 is 0.925 bits per heavy atom. The number of ether oxygens (including phenoxy) is 2. The topological polar surface area (TPSA) is 62.3 Å². The van der Waals surface area contributed by atoms with E-state index in [2.05, 4.69) is 4.90 Å². The molecule has 2 saturated heterocycles. The maximum atomic E-state index is 13.0. The summed E-state index contributed by atoms with van der Waals surface area (Å²) in [6, 6.07) is 15.3. The van der Waals surface area contributed by atoms with Crippen LogP contribution in [0.25, 0.3) is 0 Å². The molecule has 0 bridgehead atoms. The first-order valence-electron chi connectivity index (χ1n) is 13.3. The van der Waals surface area contributed by atoms with Crippen molar-refractivity contribution in [3.63, 3.8) is 0 Å². The van der Waals surface area contributed by atoms with Crippen molar-refractivity contribution in [2.75, 3.05) is 52.3 Å². The number of nitrogens with zero attached hydrogens (tertiary/aromatic N) is 3. The van der Waals surface area contributed by atoms with E-state index in [1.54, 1.807) is 21.2 Å². The summed E-state index contributed by atoms with van der Waals surface area (Å²) in [7, 11) is 5.03. The normalized spacial score (nSPS) is 17.3. The summed E-state index contributed by atoms with van der Waals surface area (Å²) in [6.45, 7) is -0.533. The maximum Gasteiger partial charge on any atom is 0.379 e. The molecule has 0 N–H and O–H groups in total. The van der Waals surface area contributed by atoms with Gasteiger partial charge in [0.25, 0.3) is 11.8 Å². The van der Waals surface area contributed by atoms with Gasteiger partial charge in [-0.2, -0.15) is 13.2 Å². The lowest BCUT2D eigenvalue weighted by Crippen LogP contribution is -2.45. The third kappa shape index (κ3) is 8.84. The lowest BCUT2D eigenvalue weighted by Gasteiger charge is -2.38. The third-order valence-corrected chi connectivity index (χ3v) is 7.41. The van der Waals surface area contributed by atoms with Gasteiger partial charge in [0.05, 0.1) is 22.8 Å². The van der Waals surface area contributed by atoms with Gasteiger partial charge >= 0.3 is 6.68 Å². The van der Waals surface area contributed by atoms with E-state index in [1.807, 2.05) is 53.4 Å². The molecule has 2 aliphatic heterocycles. The van der Waals surface area contributed by atoms with Gasteiger partial charge in [0.1, 0.15) is 0 Å². The first kappa shape index (κ1) is 31.7. The summed E-state index contributed by atoms with van der Waals surface area (Å²) >= 11 is 6.41. The fraction of sp³-hybridized carbons (Fsp3) is 0.517. The molecular weight excluding hydrogens is 547 g/mol. The number of carbonyl (C=O) groups is 2. The Morgan fingerprint density at radius 2 is 1.48 bits per heavy atom. The number of anilines is 1. The Hall–Kier alpha value is -2.82. The van der Waals surface area contributed by atoms with Crippen LogP contribution in [0.2, 0.25) is 5.02 Å². The average molecular weight is 584 g/mol. The van der Waals surface area contributed by atoms with Crippen LogP contribution in [0.4, 0.5) is 18.9 Å². The number of alkyl halides is 3. The molecule has 2 aromatic carbocycles. The van der Waals surface area contributed by atoms with Crippen LogP contribution in [0.1, 0.15) is 47.7 Å². The minimum atomic E-state index is -3.67. The SMILES string of the molecule is COC(C(=O)N1CCC(OC2CCN(c3ccc(C(=O)N(C)C)c(Cl)c3)CC2)CC1)c1ccccc1.FC(F)F. The van der Waals surface area contributed by atoms with Gasteiger partial charge in [-0.3, -0.25) is 9.59 Å². The zero-order valence-corrected chi connectivity index (χ0v) is 23.8. The van der Waals surface area contributed by atoms with Crippen molar-refractivity contribution < 1.29 is 32.2 Å². The number of halogens is 4. The second kappa shape index (κ2) is 15.3. The molecule has 40 heavy (non-hydrogen) atoms. The highest BCUT2D eigenvalue weighted by atomic mass is 35.5. The first-order valence-corrected chi connectivity index (χ1v) is 13.7. The van der Waals surface area contributed by atoms with Crippen molar-refractivity contribution in [2.24, 2.45) is 0 Å². The Balaban J connectivity index is 0.00000103. The number of rotatable bonds is 7. The number of carbonyl (C=O) groups excluding carboxylic acids is 2. The number of amides is 2. The molecule has 11 heteroatoms. The standard InChI is InChI=1S/C28H36ClN3O4.CHF3/c1-30(2)27(33)24-10-9-21(19-25(24)29)31-15-11-22(12-16-31)36-23-13-17-32(18-14-23)28(34)26(35-3)20-7-5-4-6-8-20;2-1(3)4/h4-10,19,22-23,26H,11-18H2,1-3H3;1H. The predicted octanol–water partition coefficient (Wildman–Crippen LogP) is 5.58. The highest BCUT2D eigenvalue weighted by molar-refractivity contribution is 6.34. The number of benzene rings is 2. The van der Waals surface area contributed by atoms with Crippen molar-refractivity contribution >= 4 is 29.1 Å². The number of likely N-dealkylation sites (tertiary alicyclic amines) is 1. The molecule has 0 aliphatic carbocycles. The van der Waals surface area contributed by atoms with E-state index in [0.29, 0.717) is 23.7 Å². The van der Waals surface area contributed by atoms with E-state index < -0.39 is 12.8 Å². The molecule has 2 fully saturated rings. The quantitative estimate of drug-likeness (QED) is 0.426. The highest BCUT2D eigenvalue weighted by Crippen LogP contribution is 2.29. The molecular formula is C29H37ClF3N3O4. The molecule has 7 nitrogen and oxygen atoms in total. The fourth-order valence-corrected chi connectivity index (χ4v) is 5.28. The molecule has 1 atom stereocenters. The summed E-state index contributed by atoms with van der Waals surface area (Å²) < 4.78 is 41.0. The zero-order valence-electron chi connectivity index (χ0n) is 23.1. The molecule has 0 aromatic heterocycles. The van der Waals surface area contributed by atoms with Crippen molar-refractivity contribution in [1.29, 1.82) is 0 Å². The fourth-order valence-electron chi connectivity index (χ4n) is 5.02. The first-order chi connectivity index (χ1) is 19.1. The molecule has 0 saturated carbocycles. The van der Waals surface area contributed by atoms with Crippen LogP contribution in [0.15, 0.2) is 48.5 Å². The monoisotopic (exact) mass is 583 g/mol. The van der Waals surface area contributed by atoms with Crippen molar-refractivity contribution in [3.05, 3.63) is 64.7 Å². The van der Waals surface area contributed by atoms with Crippen molar-refractivity contribution in [3.8, 4) is 0 Å². The Labute approximate surface area is 238 Å². The third-order valence-electron chi connectivity index (χ3n) is 7.10. The van der Waals surface area contributed by atoms with Gasteiger partial charge in [0, 0.05) is 53.1 Å². The lowest BCUT2D eigenvalue weighted by atomic mass is 10.0. The Morgan fingerprint density at radius 3 is 1.98 bits per heavy atom. The number of piperidine rings is 2. The summed E-state index contributed by atoms with van der Waals surface area (Å²) in [4.78, 5) is 31.0.